The lowest BCUT2D eigenvalue weighted by atomic mass is 10.1. The van der Waals surface area contributed by atoms with Gasteiger partial charge < -0.3 is 10.1 Å². The molecule has 1 N–H and O–H groups in total. The first-order chi connectivity index (χ1) is 16.3. The highest BCUT2D eigenvalue weighted by Gasteiger charge is 2.20. The van der Waals surface area contributed by atoms with Gasteiger partial charge in [-0.25, -0.2) is 8.42 Å². The van der Waals surface area contributed by atoms with E-state index in [4.69, 9.17) is 4.74 Å². The third-order valence-electron chi connectivity index (χ3n) is 5.28. The second kappa shape index (κ2) is 11.9. The van der Waals surface area contributed by atoms with Gasteiger partial charge in [0.1, 0.15) is 12.4 Å². The minimum Gasteiger partial charge on any atom is -0.492 e. The molecule has 0 saturated heterocycles. The molecular weight excluding hydrogens is 468 g/mol. The Labute approximate surface area is 206 Å². The van der Waals surface area contributed by atoms with E-state index in [0.29, 0.717) is 24.4 Å². The lowest BCUT2D eigenvalue weighted by Crippen LogP contribution is -2.30. The van der Waals surface area contributed by atoms with Gasteiger partial charge in [-0.05, 0) is 60.2 Å². The SMILES string of the molecule is CCc1ccc(OCCNC(=O)c2ccc(CN(c3ccccc3SC)S(C)(=O)=O)cc2)cc1. The van der Waals surface area contributed by atoms with Crippen molar-refractivity contribution in [3.8, 4) is 5.75 Å². The van der Waals surface area contributed by atoms with E-state index in [-0.39, 0.29) is 12.5 Å². The number of hydrogen-bond donors (Lipinski definition) is 1. The molecule has 3 aromatic carbocycles. The van der Waals surface area contributed by atoms with E-state index in [9.17, 15) is 13.2 Å². The predicted octanol–water partition coefficient (Wildman–Crippen LogP) is 4.75. The summed E-state index contributed by atoms with van der Waals surface area (Å²) in [5.74, 6) is 0.568. The van der Waals surface area contributed by atoms with Crippen LogP contribution in [0.3, 0.4) is 0 Å². The summed E-state index contributed by atoms with van der Waals surface area (Å²) in [6.45, 7) is 3.03. The van der Waals surface area contributed by atoms with Crippen LogP contribution in [0.25, 0.3) is 0 Å². The van der Waals surface area contributed by atoms with Crippen molar-refractivity contribution in [2.24, 2.45) is 0 Å². The average Bonchev–Trinajstić information content (AvgIpc) is 2.85. The average molecular weight is 499 g/mol. The number of carbonyl (C=O) groups excluding carboxylic acids is 1. The topological polar surface area (TPSA) is 75.7 Å². The molecule has 0 unspecified atom stereocenters. The highest BCUT2D eigenvalue weighted by molar-refractivity contribution is 7.99. The van der Waals surface area contributed by atoms with Crippen molar-refractivity contribution in [2.45, 2.75) is 24.8 Å². The van der Waals surface area contributed by atoms with Crippen LogP contribution in [0.1, 0.15) is 28.4 Å². The molecule has 3 aromatic rings. The molecule has 0 aromatic heterocycles. The maximum atomic E-state index is 12.5. The van der Waals surface area contributed by atoms with Crippen molar-refractivity contribution >= 4 is 33.4 Å². The van der Waals surface area contributed by atoms with Gasteiger partial charge in [0.2, 0.25) is 10.0 Å². The number of nitrogens with one attached hydrogen (secondary N) is 1. The van der Waals surface area contributed by atoms with Crippen LogP contribution in [-0.4, -0.2) is 40.0 Å². The smallest absolute Gasteiger partial charge is 0.251 e. The van der Waals surface area contributed by atoms with Crippen LogP contribution < -0.4 is 14.4 Å². The summed E-state index contributed by atoms with van der Waals surface area (Å²) in [6.07, 6.45) is 4.10. The molecule has 0 saturated carbocycles. The lowest BCUT2D eigenvalue weighted by molar-refractivity contribution is 0.0947. The summed E-state index contributed by atoms with van der Waals surface area (Å²) in [4.78, 5) is 13.3. The summed E-state index contributed by atoms with van der Waals surface area (Å²) >= 11 is 1.50. The van der Waals surface area contributed by atoms with E-state index >= 15 is 0 Å². The molecule has 0 aliphatic rings. The third kappa shape index (κ3) is 7.01. The number of anilines is 1. The third-order valence-corrected chi connectivity index (χ3v) is 7.20. The highest BCUT2D eigenvalue weighted by atomic mass is 32.2. The van der Waals surface area contributed by atoms with Crippen LogP contribution in [0.15, 0.2) is 77.7 Å². The summed E-state index contributed by atoms with van der Waals surface area (Å²) in [6, 6.07) is 22.3. The Balaban J connectivity index is 1.58. The van der Waals surface area contributed by atoms with Crippen LogP contribution in [-0.2, 0) is 23.0 Å². The van der Waals surface area contributed by atoms with Gasteiger partial charge in [0.05, 0.1) is 25.0 Å². The van der Waals surface area contributed by atoms with Crippen LogP contribution >= 0.6 is 11.8 Å². The highest BCUT2D eigenvalue weighted by Crippen LogP contribution is 2.31. The first kappa shape index (κ1) is 25.6. The lowest BCUT2D eigenvalue weighted by Gasteiger charge is -2.24. The molecule has 0 heterocycles. The van der Waals surface area contributed by atoms with Crippen molar-refractivity contribution in [3.63, 3.8) is 0 Å². The van der Waals surface area contributed by atoms with Crippen molar-refractivity contribution in [1.82, 2.24) is 5.32 Å². The Morgan fingerprint density at radius 2 is 1.62 bits per heavy atom. The van der Waals surface area contributed by atoms with E-state index in [0.717, 1.165) is 22.6 Å². The van der Waals surface area contributed by atoms with E-state index in [1.54, 1.807) is 30.3 Å². The van der Waals surface area contributed by atoms with Crippen molar-refractivity contribution in [2.75, 3.05) is 30.0 Å². The van der Waals surface area contributed by atoms with E-state index in [1.807, 2.05) is 48.7 Å². The van der Waals surface area contributed by atoms with Crippen molar-refractivity contribution in [1.29, 1.82) is 0 Å². The molecular formula is C26H30N2O4S2. The van der Waals surface area contributed by atoms with Gasteiger partial charge in [-0.2, -0.15) is 0 Å². The quantitative estimate of drug-likeness (QED) is 0.305. The number of amides is 1. The second-order valence-electron chi connectivity index (χ2n) is 7.74. The number of ether oxygens (including phenoxy) is 1. The molecule has 0 radical (unpaired) electrons. The van der Waals surface area contributed by atoms with Crippen LogP contribution in [0.4, 0.5) is 5.69 Å². The number of para-hydroxylation sites is 1. The van der Waals surface area contributed by atoms with Gasteiger partial charge >= 0.3 is 0 Å². The summed E-state index contributed by atoms with van der Waals surface area (Å²) in [5.41, 5.74) is 3.18. The van der Waals surface area contributed by atoms with Gasteiger partial charge in [-0.3, -0.25) is 9.10 Å². The fourth-order valence-electron chi connectivity index (χ4n) is 3.40. The number of rotatable bonds is 11. The van der Waals surface area contributed by atoms with Crippen molar-refractivity contribution < 1.29 is 17.9 Å². The Morgan fingerprint density at radius 1 is 0.971 bits per heavy atom. The number of hydrogen-bond acceptors (Lipinski definition) is 5. The monoisotopic (exact) mass is 498 g/mol. The number of sulfonamides is 1. The molecule has 0 fully saturated rings. The number of nitrogens with zero attached hydrogens (tertiary/aromatic N) is 1. The number of thioether (sulfide) groups is 1. The minimum absolute atomic E-state index is 0.183. The largest absolute Gasteiger partial charge is 0.492 e. The zero-order valence-corrected chi connectivity index (χ0v) is 21.3. The summed E-state index contributed by atoms with van der Waals surface area (Å²) in [7, 11) is -3.49. The van der Waals surface area contributed by atoms with E-state index < -0.39 is 10.0 Å². The molecule has 0 spiro atoms. The van der Waals surface area contributed by atoms with Crippen molar-refractivity contribution in [3.05, 3.63) is 89.5 Å². The van der Waals surface area contributed by atoms with Gasteiger partial charge in [0.15, 0.2) is 0 Å². The molecule has 34 heavy (non-hydrogen) atoms. The van der Waals surface area contributed by atoms with Crippen LogP contribution in [0.5, 0.6) is 5.75 Å². The fourth-order valence-corrected chi connectivity index (χ4v) is 4.96. The van der Waals surface area contributed by atoms with Crippen LogP contribution in [0, 0.1) is 0 Å². The Hall–Kier alpha value is -2.97. The molecule has 0 aliphatic carbocycles. The molecule has 0 bridgehead atoms. The number of aryl methyl sites for hydroxylation is 1. The summed E-state index contributed by atoms with van der Waals surface area (Å²) in [5, 5.41) is 2.84. The Bertz CT molecular complexity index is 1190. The zero-order valence-electron chi connectivity index (χ0n) is 19.7. The molecule has 0 aliphatic heterocycles. The normalized spacial score (nSPS) is 11.1. The molecule has 8 heteroatoms. The predicted molar refractivity (Wildman–Crippen MR) is 139 cm³/mol. The standard InChI is InChI=1S/C26H30N2O4S2/c1-4-20-11-15-23(16-12-20)32-18-17-27-26(29)22-13-9-21(10-14-22)19-28(34(3,30)31)24-7-5-6-8-25(24)33-2/h5-16H,4,17-19H2,1-3H3,(H,27,29). The van der Waals surface area contributed by atoms with Crippen LogP contribution in [0.2, 0.25) is 0 Å². The molecule has 3 rings (SSSR count). The van der Waals surface area contributed by atoms with Gasteiger partial charge in [-0.15, -0.1) is 11.8 Å². The molecule has 180 valence electrons. The van der Waals surface area contributed by atoms with Gasteiger partial charge in [0, 0.05) is 10.5 Å². The zero-order chi connectivity index (χ0) is 24.6. The molecule has 0 atom stereocenters. The van der Waals surface area contributed by atoms with Gasteiger partial charge in [0.25, 0.3) is 5.91 Å². The van der Waals surface area contributed by atoms with Gasteiger partial charge in [-0.1, -0.05) is 43.3 Å². The minimum atomic E-state index is -3.49. The van der Waals surface area contributed by atoms with E-state index in [2.05, 4.69) is 12.2 Å². The summed E-state index contributed by atoms with van der Waals surface area (Å²) < 4.78 is 32.1. The molecule has 6 nitrogen and oxygen atoms in total. The maximum absolute atomic E-state index is 12.5. The first-order valence-corrected chi connectivity index (χ1v) is 14.1. The fraction of sp³-hybridized carbons (Fsp3) is 0.269. The van der Waals surface area contributed by atoms with E-state index in [1.165, 1.54) is 27.9 Å². The maximum Gasteiger partial charge on any atom is 0.251 e. The Morgan fingerprint density at radius 3 is 2.24 bits per heavy atom. The second-order valence-corrected chi connectivity index (χ2v) is 10.5. The number of benzene rings is 3. The first-order valence-electron chi connectivity index (χ1n) is 11.0. The number of carbonyl (C=O) groups is 1. The Kier molecular flexibility index (Phi) is 9.01. The molecule has 1 amide bonds.